The predicted octanol–water partition coefficient (Wildman–Crippen LogP) is 4.00. The summed E-state index contributed by atoms with van der Waals surface area (Å²) >= 11 is 0. The van der Waals surface area contributed by atoms with E-state index in [0.717, 1.165) is 17.7 Å². The van der Waals surface area contributed by atoms with Crippen molar-refractivity contribution in [2.75, 3.05) is 0 Å². The van der Waals surface area contributed by atoms with Crippen molar-refractivity contribution in [2.45, 2.75) is 6.18 Å². The molecule has 0 fully saturated rings. The molecule has 2 aliphatic carbocycles. The lowest BCUT2D eigenvalue weighted by Crippen LogP contribution is -2.09. The summed E-state index contributed by atoms with van der Waals surface area (Å²) in [6.07, 6.45) is 4.12. The molecular weight excluding hydrogens is 225 g/mol. The number of fused-ring (bicyclic) bond motifs is 2. The molecule has 0 aromatic heterocycles. The van der Waals surface area contributed by atoms with Gasteiger partial charge in [0.15, 0.2) is 0 Å². The van der Waals surface area contributed by atoms with Gasteiger partial charge in [0, 0.05) is 24.3 Å². The number of alkyl halides is 3. The zero-order chi connectivity index (χ0) is 12.0. The highest BCUT2D eigenvalue weighted by Gasteiger charge is 2.41. The van der Waals surface area contributed by atoms with Crippen molar-refractivity contribution in [3.05, 3.63) is 65.6 Å². The molecule has 0 N–H and O–H groups in total. The van der Waals surface area contributed by atoms with E-state index >= 15 is 0 Å². The van der Waals surface area contributed by atoms with E-state index in [1.807, 2.05) is 0 Å². The Morgan fingerprint density at radius 3 is 1.71 bits per heavy atom. The molecule has 0 saturated carbocycles. The third-order valence-corrected chi connectivity index (χ3v) is 3.32. The molecule has 0 aliphatic heterocycles. The highest BCUT2D eigenvalue weighted by molar-refractivity contribution is 5.49. The molecule has 3 heteroatoms. The van der Waals surface area contributed by atoms with Gasteiger partial charge in [-0.2, -0.15) is 13.2 Å². The summed E-state index contributed by atoms with van der Waals surface area (Å²) < 4.78 is 37.3. The maximum atomic E-state index is 12.4. The fourth-order valence-corrected chi connectivity index (χ4v) is 2.48. The Morgan fingerprint density at radius 1 is 0.824 bits per heavy atom. The van der Waals surface area contributed by atoms with Gasteiger partial charge in [-0.05, 0) is 0 Å². The van der Waals surface area contributed by atoms with Gasteiger partial charge in [-0.15, -0.1) is 0 Å². The summed E-state index contributed by atoms with van der Waals surface area (Å²) in [6, 6.07) is 5.44. The molecule has 0 unspecified atom stereocenters. The number of halogens is 3. The zero-order valence-electron chi connectivity index (χ0n) is 8.91. The minimum atomic E-state index is -4.26. The van der Waals surface area contributed by atoms with Crippen molar-refractivity contribution >= 4 is 0 Å². The average molecular weight is 235 g/mol. The zero-order valence-corrected chi connectivity index (χ0v) is 8.91. The summed E-state index contributed by atoms with van der Waals surface area (Å²) in [4.78, 5) is 0. The van der Waals surface area contributed by atoms with Crippen molar-refractivity contribution in [3.63, 3.8) is 0 Å². The summed E-state index contributed by atoms with van der Waals surface area (Å²) in [5.41, 5.74) is 0.316. The van der Waals surface area contributed by atoms with Gasteiger partial charge in [-0.25, -0.2) is 0 Å². The van der Waals surface area contributed by atoms with E-state index < -0.39 is 11.7 Å². The van der Waals surface area contributed by atoms with E-state index in [0.29, 0.717) is 0 Å². The number of hydrogen-bond donors (Lipinski definition) is 0. The molecule has 3 rings (SSSR count). The number of rotatable bonds is 1. The van der Waals surface area contributed by atoms with Crippen LogP contribution in [0.1, 0.15) is 11.1 Å². The van der Waals surface area contributed by atoms with Gasteiger partial charge in [0.25, 0.3) is 0 Å². The molecular formula is C14H10F3+. The Hall–Kier alpha value is -1.64. The van der Waals surface area contributed by atoms with Crippen LogP contribution in [0.25, 0.3) is 0 Å². The largest absolute Gasteiger partial charge is 0.418 e. The van der Waals surface area contributed by atoms with Crippen LogP contribution in [0.5, 0.6) is 0 Å². The van der Waals surface area contributed by atoms with Crippen LogP contribution < -0.4 is 0 Å². The number of benzene rings is 1. The van der Waals surface area contributed by atoms with Crippen LogP contribution in [0.3, 0.4) is 0 Å². The van der Waals surface area contributed by atoms with Gasteiger partial charge < -0.3 is 0 Å². The summed E-state index contributed by atoms with van der Waals surface area (Å²) in [6.45, 7) is 0. The topological polar surface area (TPSA) is 0 Å². The molecule has 2 aliphatic rings. The minimum Gasteiger partial charge on any atom is -0.166 e. The van der Waals surface area contributed by atoms with Gasteiger partial charge in [-0.3, -0.25) is 0 Å². The number of allylic oxidation sites excluding steroid dienone is 4. The Morgan fingerprint density at radius 2 is 1.29 bits per heavy atom. The maximum absolute atomic E-state index is 12.4. The first-order chi connectivity index (χ1) is 8.05. The van der Waals surface area contributed by atoms with Crippen LogP contribution in [-0.2, 0) is 6.18 Å². The lowest BCUT2D eigenvalue weighted by atomic mass is 9.87. The van der Waals surface area contributed by atoms with E-state index in [1.165, 1.54) is 5.92 Å². The van der Waals surface area contributed by atoms with E-state index in [9.17, 15) is 13.2 Å². The SMILES string of the molecule is FC(F)(F)c1ccc([C+]2C3C=CC2C=C3)cc1. The van der Waals surface area contributed by atoms with Crippen molar-refractivity contribution in [3.8, 4) is 0 Å². The van der Waals surface area contributed by atoms with Crippen LogP contribution in [-0.4, -0.2) is 0 Å². The molecule has 0 heterocycles. The first-order valence-electron chi connectivity index (χ1n) is 5.47. The van der Waals surface area contributed by atoms with Crippen molar-refractivity contribution in [1.82, 2.24) is 0 Å². The van der Waals surface area contributed by atoms with Gasteiger partial charge in [0.1, 0.15) is 5.56 Å². The molecule has 0 saturated heterocycles. The Bertz CT molecular complexity index is 449. The van der Waals surface area contributed by atoms with Crippen molar-refractivity contribution in [2.24, 2.45) is 11.8 Å². The second-order valence-corrected chi connectivity index (χ2v) is 4.35. The van der Waals surface area contributed by atoms with Crippen molar-refractivity contribution in [1.29, 1.82) is 0 Å². The second-order valence-electron chi connectivity index (χ2n) is 4.35. The molecule has 1 aromatic rings. The van der Waals surface area contributed by atoms with E-state index in [-0.39, 0.29) is 11.8 Å². The Balaban J connectivity index is 1.87. The lowest BCUT2D eigenvalue weighted by molar-refractivity contribution is -0.137. The standard InChI is InChI=1S/C14H10F3/c15-14(16,17)12-7-5-11(6-8-12)13-9-1-2-10(13)4-3-9/h1-10H/q+1. The van der Waals surface area contributed by atoms with E-state index in [2.05, 4.69) is 24.3 Å². The molecule has 0 atom stereocenters. The Kier molecular flexibility index (Phi) is 2.12. The van der Waals surface area contributed by atoms with Crippen LogP contribution >= 0.6 is 0 Å². The van der Waals surface area contributed by atoms with Gasteiger partial charge in [0.2, 0.25) is 0 Å². The third kappa shape index (κ3) is 1.66. The monoisotopic (exact) mass is 235 g/mol. The van der Waals surface area contributed by atoms with Gasteiger partial charge in [0.05, 0.1) is 23.3 Å². The van der Waals surface area contributed by atoms with Gasteiger partial charge >= 0.3 is 6.18 Å². The second kappa shape index (κ2) is 3.42. The summed E-state index contributed by atoms with van der Waals surface area (Å²) in [5, 5.41) is 0. The smallest absolute Gasteiger partial charge is 0.166 e. The normalized spacial score (nSPS) is 25.9. The quantitative estimate of drug-likeness (QED) is 0.510. The Labute approximate surface area is 97.5 Å². The van der Waals surface area contributed by atoms with Crippen LogP contribution in [0, 0.1) is 17.8 Å². The van der Waals surface area contributed by atoms with Crippen LogP contribution in [0.15, 0.2) is 48.6 Å². The molecule has 0 amide bonds. The van der Waals surface area contributed by atoms with E-state index in [1.54, 1.807) is 12.1 Å². The number of hydrogen-bond acceptors (Lipinski definition) is 0. The van der Waals surface area contributed by atoms with Gasteiger partial charge in [-0.1, -0.05) is 24.3 Å². The first-order valence-corrected chi connectivity index (χ1v) is 5.47. The molecule has 17 heavy (non-hydrogen) atoms. The van der Waals surface area contributed by atoms with Crippen molar-refractivity contribution < 1.29 is 13.2 Å². The van der Waals surface area contributed by atoms with Crippen LogP contribution in [0.4, 0.5) is 13.2 Å². The molecule has 1 aromatic carbocycles. The summed E-state index contributed by atoms with van der Waals surface area (Å²) in [5.74, 6) is 1.74. The fraction of sp³-hybridized carbons (Fsp3) is 0.214. The lowest BCUT2D eigenvalue weighted by Gasteiger charge is -2.10. The first kappa shape index (κ1) is 10.5. The molecule has 2 bridgehead atoms. The van der Waals surface area contributed by atoms with E-state index in [4.69, 9.17) is 0 Å². The minimum absolute atomic E-state index is 0.275. The fourth-order valence-electron chi connectivity index (χ4n) is 2.48. The average Bonchev–Trinajstić information content (AvgIpc) is 2.87. The highest BCUT2D eigenvalue weighted by atomic mass is 19.4. The van der Waals surface area contributed by atoms with Crippen LogP contribution in [0.2, 0.25) is 0 Å². The maximum Gasteiger partial charge on any atom is 0.418 e. The predicted molar refractivity (Wildman–Crippen MR) is 59.0 cm³/mol. The third-order valence-electron chi connectivity index (χ3n) is 3.32. The molecule has 86 valence electrons. The molecule has 0 radical (unpaired) electrons. The highest BCUT2D eigenvalue weighted by Crippen LogP contribution is 2.45. The molecule has 0 spiro atoms. The molecule has 0 nitrogen and oxygen atoms in total. The summed E-state index contributed by atoms with van der Waals surface area (Å²) in [7, 11) is 0.